The Morgan fingerprint density at radius 1 is 1.16 bits per heavy atom. The van der Waals surface area contributed by atoms with Crippen molar-refractivity contribution in [2.24, 2.45) is 0 Å². The van der Waals surface area contributed by atoms with Crippen molar-refractivity contribution in [3.8, 4) is 11.4 Å². The second-order valence-electron chi connectivity index (χ2n) is 6.48. The predicted octanol–water partition coefficient (Wildman–Crippen LogP) is 3.14. The standard InChI is InChI=1S/C17H17ClN4O3/c18-12-6-4-11(5-7-12)14-19-13(25-21-14)10-22-15(23)17(20-16(22)24)8-2-1-3-9-17/h4-7H,1-3,8-10H2,(H,20,24). The summed E-state index contributed by atoms with van der Waals surface area (Å²) in [6.45, 7) is -0.0208. The van der Waals surface area contributed by atoms with Gasteiger partial charge in [-0.15, -0.1) is 0 Å². The second kappa shape index (κ2) is 6.15. The maximum Gasteiger partial charge on any atom is 0.325 e. The van der Waals surface area contributed by atoms with Gasteiger partial charge >= 0.3 is 6.03 Å². The van der Waals surface area contributed by atoms with Gasteiger partial charge in [0.15, 0.2) is 0 Å². The number of rotatable bonds is 3. The van der Waals surface area contributed by atoms with Crippen LogP contribution in [0.4, 0.5) is 4.79 Å². The lowest BCUT2D eigenvalue weighted by Crippen LogP contribution is -2.48. The van der Waals surface area contributed by atoms with Crippen LogP contribution in [0.2, 0.25) is 5.02 Å². The van der Waals surface area contributed by atoms with Gasteiger partial charge in [-0.3, -0.25) is 9.69 Å². The third kappa shape index (κ3) is 2.89. The molecule has 130 valence electrons. The topological polar surface area (TPSA) is 88.3 Å². The minimum absolute atomic E-state index is 0.0208. The number of aromatic nitrogens is 2. The van der Waals surface area contributed by atoms with Crippen molar-refractivity contribution in [3.05, 3.63) is 35.2 Å². The first kappa shape index (κ1) is 16.1. The molecule has 25 heavy (non-hydrogen) atoms. The van der Waals surface area contributed by atoms with Gasteiger partial charge in [-0.25, -0.2) is 4.79 Å². The molecule has 3 amide bonds. The summed E-state index contributed by atoms with van der Waals surface area (Å²) in [6, 6.07) is 6.63. The molecule has 0 radical (unpaired) electrons. The summed E-state index contributed by atoms with van der Waals surface area (Å²) in [4.78, 5) is 30.5. The Bertz CT molecular complexity index is 812. The molecule has 0 unspecified atom stereocenters. The number of benzene rings is 1. The molecule has 2 aliphatic rings. The van der Waals surface area contributed by atoms with E-state index in [-0.39, 0.29) is 18.3 Å². The number of amides is 3. The van der Waals surface area contributed by atoms with Crippen LogP contribution in [-0.4, -0.2) is 32.5 Å². The SMILES string of the molecule is O=C1NC2(CCCCC2)C(=O)N1Cc1nc(-c2ccc(Cl)cc2)no1. The van der Waals surface area contributed by atoms with Gasteiger partial charge in [0.1, 0.15) is 12.1 Å². The summed E-state index contributed by atoms with van der Waals surface area (Å²) in [5.74, 6) is 0.427. The lowest BCUT2D eigenvalue weighted by molar-refractivity contribution is -0.133. The van der Waals surface area contributed by atoms with E-state index in [2.05, 4.69) is 15.5 Å². The average molecular weight is 361 g/mol. The lowest BCUT2D eigenvalue weighted by Gasteiger charge is -2.30. The van der Waals surface area contributed by atoms with E-state index in [0.29, 0.717) is 23.7 Å². The zero-order chi connectivity index (χ0) is 17.4. The van der Waals surface area contributed by atoms with Crippen LogP contribution in [0.15, 0.2) is 28.8 Å². The zero-order valence-electron chi connectivity index (χ0n) is 13.5. The van der Waals surface area contributed by atoms with E-state index in [1.807, 2.05) is 0 Å². The van der Waals surface area contributed by atoms with Crippen LogP contribution in [0.5, 0.6) is 0 Å². The fourth-order valence-electron chi connectivity index (χ4n) is 3.48. The van der Waals surface area contributed by atoms with Crippen LogP contribution < -0.4 is 5.32 Å². The summed E-state index contributed by atoms with van der Waals surface area (Å²) in [5.41, 5.74) is 0.00862. The third-order valence-corrected chi connectivity index (χ3v) is 5.07. The fourth-order valence-corrected chi connectivity index (χ4v) is 3.61. The van der Waals surface area contributed by atoms with Crippen LogP contribution in [0.1, 0.15) is 38.0 Å². The lowest BCUT2D eigenvalue weighted by atomic mass is 9.82. The molecule has 2 heterocycles. The Morgan fingerprint density at radius 3 is 2.60 bits per heavy atom. The van der Waals surface area contributed by atoms with Gasteiger partial charge in [0.25, 0.3) is 5.91 Å². The summed E-state index contributed by atoms with van der Waals surface area (Å²) in [7, 11) is 0. The average Bonchev–Trinajstić information content (AvgIpc) is 3.16. The Kier molecular flexibility index (Phi) is 3.95. The number of carbonyl (C=O) groups is 2. The molecule has 1 aliphatic heterocycles. The molecule has 0 atom stereocenters. The molecule has 1 aromatic heterocycles. The van der Waals surface area contributed by atoms with E-state index in [0.717, 1.165) is 24.8 Å². The third-order valence-electron chi connectivity index (χ3n) is 4.82. The van der Waals surface area contributed by atoms with Crippen molar-refractivity contribution in [2.75, 3.05) is 0 Å². The minimum atomic E-state index is -0.742. The van der Waals surface area contributed by atoms with Gasteiger partial charge < -0.3 is 9.84 Å². The number of urea groups is 1. The normalized spacial score (nSPS) is 19.5. The summed E-state index contributed by atoms with van der Waals surface area (Å²) >= 11 is 5.87. The largest absolute Gasteiger partial charge is 0.337 e. The van der Waals surface area contributed by atoms with Crippen molar-refractivity contribution in [1.29, 1.82) is 0 Å². The Balaban J connectivity index is 1.51. The Morgan fingerprint density at radius 2 is 1.88 bits per heavy atom. The van der Waals surface area contributed by atoms with Crippen molar-refractivity contribution in [2.45, 2.75) is 44.2 Å². The molecule has 0 bridgehead atoms. The first-order valence-electron chi connectivity index (χ1n) is 8.30. The Labute approximate surface area is 149 Å². The molecular formula is C17H17ClN4O3. The van der Waals surface area contributed by atoms with E-state index in [4.69, 9.17) is 16.1 Å². The molecule has 7 nitrogen and oxygen atoms in total. The Hall–Kier alpha value is -2.41. The summed E-state index contributed by atoms with van der Waals surface area (Å²) in [5, 5.41) is 7.40. The van der Waals surface area contributed by atoms with E-state index in [1.165, 1.54) is 4.90 Å². The van der Waals surface area contributed by atoms with Crippen molar-refractivity contribution >= 4 is 23.5 Å². The van der Waals surface area contributed by atoms with E-state index < -0.39 is 11.6 Å². The highest BCUT2D eigenvalue weighted by molar-refractivity contribution is 6.30. The van der Waals surface area contributed by atoms with Crippen LogP contribution in [0.25, 0.3) is 11.4 Å². The van der Waals surface area contributed by atoms with Gasteiger partial charge in [0, 0.05) is 10.6 Å². The maximum atomic E-state index is 12.7. The number of imide groups is 1. The zero-order valence-corrected chi connectivity index (χ0v) is 14.3. The molecule has 4 rings (SSSR count). The molecule has 1 saturated heterocycles. The smallest absolute Gasteiger partial charge is 0.325 e. The highest BCUT2D eigenvalue weighted by atomic mass is 35.5. The van der Waals surface area contributed by atoms with Crippen LogP contribution in [-0.2, 0) is 11.3 Å². The van der Waals surface area contributed by atoms with Gasteiger partial charge in [-0.1, -0.05) is 36.0 Å². The molecule has 1 aromatic carbocycles. The molecule has 8 heteroatoms. The number of hydrogen-bond acceptors (Lipinski definition) is 5. The predicted molar refractivity (Wildman–Crippen MR) is 89.6 cm³/mol. The summed E-state index contributed by atoms with van der Waals surface area (Å²) < 4.78 is 5.22. The minimum Gasteiger partial charge on any atom is -0.337 e. The maximum absolute atomic E-state index is 12.7. The molecule has 1 N–H and O–H groups in total. The van der Waals surface area contributed by atoms with Gasteiger partial charge in [0.05, 0.1) is 0 Å². The number of halogens is 1. The van der Waals surface area contributed by atoms with Crippen molar-refractivity contribution < 1.29 is 14.1 Å². The molecule has 1 aliphatic carbocycles. The number of nitrogens with zero attached hydrogens (tertiary/aromatic N) is 3. The monoisotopic (exact) mass is 360 g/mol. The quantitative estimate of drug-likeness (QED) is 0.849. The summed E-state index contributed by atoms with van der Waals surface area (Å²) in [6.07, 6.45) is 4.36. The van der Waals surface area contributed by atoms with E-state index in [9.17, 15) is 9.59 Å². The number of nitrogens with one attached hydrogen (secondary N) is 1. The first-order valence-corrected chi connectivity index (χ1v) is 8.68. The number of hydrogen-bond donors (Lipinski definition) is 1. The highest BCUT2D eigenvalue weighted by Crippen LogP contribution is 2.34. The van der Waals surface area contributed by atoms with E-state index >= 15 is 0 Å². The molecule has 2 aromatic rings. The molecule has 1 spiro atoms. The first-order chi connectivity index (χ1) is 12.1. The number of carbonyl (C=O) groups excluding carboxylic acids is 2. The van der Waals surface area contributed by atoms with Gasteiger partial charge in [0.2, 0.25) is 11.7 Å². The van der Waals surface area contributed by atoms with Crippen LogP contribution >= 0.6 is 11.6 Å². The molecular weight excluding hydrogens is 344 g/mol. The second-order valence-corrected chi connectivity index (χ2v) is 6.92. The van der Waals surface area contributed by atoms with Crippen molar-refractivity contribution in [3.63, 3.8) is 0 Å². The molecule has 1 saturated carbocycles. The van der Waals surface area contributed by atoms with Crippen molar-refractivity contribution in [1.82, 2.24) is 20.4 Å². The van der Waals surface area contributed by atoms with E-state index in [1.54, 1.807) is 24.3 Å². The van der Waals surface area contributed by atoms with Gasteiger partial charge in [-0.2, -0.15) is 4.98 Å². The van der Waals surface area contributed by atoms with Gasteiger partial charge in [-0.05, 0) is 37.1 Å². The highest BCUT2D eigenvalue weighted by Gasteiger charge is 2.51. The fraction of sp³-hybridized carbons (Fsp3) is 0.412. The van der Waals surface area contributed by atoms with Crippen LogP contribution in [0.3, 0.4) is 0 Å². The van der Waals surface area contributed by atoms with Crippen LogP contribution in [0, 0.1) is 0 Å². The molecule has 2 fully saturated rings.